The maximum atomic E-state index is 12.4. The molecule has 3 aromatic carbocycles. The Labute approximate surface area is 206 Å². The number of aryl methyl sites for hydroxylation is 1. The van der Waals surface area contributed by atoms with Crippen LogP contribution in [-0.2, 0) is 17.8 Å². The minimum atomic E-state index is -0.442. The van der Waals surface area contributed by atoms with Crippen molar-refractivity contribution in [3.8, 4) is 11.5 Å². The van der Waals surface area contributed by atoms with Crippen molar-refractivity contribution in [3.63, 3.8) is 0 Å². The maximum absolute atomic E-state index is 12.4. The third-order valence-corrected chi connectivity index (χ3v) is 6.16. The summed E-state index contributed by atoms with van der Waals surface area (Å²) in [6, 6.07) is 19.5. The Balaban J connectivity index is 1.45. The summed E-state index contributed by atoms with van der Waals surface area (Å²) >= 11 is 1.28. The largest absolute Gasteiger partial charge is 0.493 e. The number of aliphatic imine (C=N–C) groups is 1. The van der Waals surface area contributed by atoms with Crippen molar-refractivity contribution < 1.29 is 19.2 Å². The molecule has 178 valence electrons. The van der Waals surface area contributed by atoms with Gasteiger partial charge < -0.3 is 14.8 Å². The molecule has 0 saturated carbocycles. The number of carbonyl (C=O) groups excluding carboxylic acids is 1. The van der Waals surface area contributed by atoms with E-state index in [1.165, 1.54) is 36.6 Å². The standard InChI is InChI=1S/C26H23N3O5S/c1-3-17-4-9-20(10-5-17)27-26-28-25(30)24(35-26)15-19-8-13-22(23(14-19)33-2)34-16-18-6-11-21(12-7-18)29(31)32/h4-15H,3,16H2,1-2H3,(H,27,28,30)/b24-15-. The number of ether oxygens (including phenoxy) is 2. The van der Waals surface area contributed by atoms with Crippen LogP contribution in [0.4, 0.5) is 11.4 Å². The summed E-state index contributed by atoms with van der Waals surface area (Å²) < 4.78 is 11.3. The van der Waals surface area contributed by atoms with E-state index in [0.29, 0.717) is 21.6 Å². The van der Waals surface area contributed by atoms with Gasteiger partial charge in [-0.25, -0.2) is 4.99 Å². The normalized spacial score (nSPS) is 15.3. The van der Waals surface area contributed by atoms with E-state index in [1.807, 2.05) is 30.3 Å². The van der Waals surface area contributed by atoms with Gasteiger partial charge in [0.05, 0.1) is 22.6 Å². The van der Waals surface area contributed by atoms with Crippen LogP contribution in [0.5, 0.6) is 11.5 Å². The SMILES string of the molecule is CCc1ccc(N=C2NC(=O)/C(=C/c3ccc(OCc4ccc([N+](=O)[O-])cc4)c(OC)c3)S2)cc1. The average Bonchev–Trinajstić information content (AvgIpc) is 3.21. The van der Waals surface area contributed by atoms with Crippen molar-refractivity contribution in [1.82, 2.24) is 5.32 Å². The lowest BCUT2D eigenvalue weighted by atomic mass is 10.1. The number of hydrogen-bond donors (Lipinski definition) is 1. The van der Waals surface area contributed by atoms with Gasteiger partial charge in [-0.15, -0.1) is 0 Å². The predicted octanol–water partition coefficient (Wildman–Crippen LogP) is 5.64. The molecule has 3 aromatic rings. The molecule has 0 atom stereocenters. The van der Waals surface area contributed by atoms with Crippen molar-refractivity contribution in [1.29, 1.82) is 0 Å². The molecule has 1 fully saturated rings. The van der Waals surface area contributed by atoms with Crippen LogP contribution in [0, 0.1) is 10.1 Å². The van der Waals surface area contributed by atoms with E-state index < -0.39 is 4.92 Å². The predicted molar refractivity (Wildman–Crippen MR) is 137 cm³/mol. The van der Waals surface area contributed by atoms with E-state index in [4.69, 9.17) is 9.47 Å². The fourth-order valence-corrected chi connectivity index (χ4v) is 4.17. The second kappa shape index (κ2) is 10.9. The molecule has 0 spiro atoms. The van der Waals surface area contributed by atoms with E-state index in [-0.39, 0.29) is 18.2 Å². The first-order valence-corrected chi connectivity index (χ1v) is 11.7. The summed E-state index contributed by atoms with van der Waals surface area (Å²) in [5.74, 6) is 0.820. The fourth-order valence-electron chi connectivity index (χ4n) is 3.32. The number of amidine groups is 1. The number of hydrogen-bond acceptors (Lipinski definition) is 7. The number of nitrogens with zero attached hydrogens (tertiary/aromatic N) is 2. The molecule has 0 aliphatic carbocycles. The van der Waals surface area contributed by atoms with Crippen LogP contribution < -0.4 is 14.8 Å². The zero-order valence-corrected chi connectivity index (χ0v) is 20.0. The van der Waals surface area contributed by atoms with Crippen molar-refractivity contribution in [3.05, 3.63) is 98.4 Å². The molecule has 0 radical (unpaired) electrons. The summed E-state index contributed by atoms with van der Waals surface area (Å²) in [7, 11) is 1.54. The summed E-state index contributed by atoms with van der Waals surface area (Å²) in [5, 5.41) is 14.1. The van der Waals surface area contributed by atoms with Crippen molar-refractivity contribution in [2.45, 2.75) is 20.0 Å². The van der Waals surface area contributed by atoms with E-state index in [2.05, 4.69) is 17.2 Å². The van der Waals surface area contributed by atoms with Gasteiger partial charge in [0.1, 0.15) is 6.61 Å². The summed E-state index contributed by atoms with van der Waals surface area (Å²) in [4.78, 5) is 27.8. The lowest BCUT2D eigenvalue weighted by molar-refractivity contribution is -0.384. The number of nitrogens with one attached hydrogen (secondary N) is 1. The van der Waals surface area contributed by atoms with Crippen molar-refractivity contribution >= 4 is 40.3 Å². The molecular weight excluding hydrogens is 466 g/mol. The zero-order valence-electron chi connectivity index (χ0n) is 19.2. The Kier molecular flexibility index (Phi) is 7.47. The van der Waals surface area contributed by atoms with Crippen LogP contribution in [0.25, 0.3) is 6.08 Å². The Bertz CT molecular complexity index is 1300. The van der Waals surface area contributed by atoms with Gasteiger partial charge in [0.15, 0.2) is 16.7 Å². The lowest BCUT2D eigenvalue weighted by Gasteiger charge is -2.11. The van der Waals surface area contributed by atoms with Gasteiger partial charge in [0, 0.05) is 12.1 Å². The second-order valence-electron chi connectivity index (χ2n) is 7.62. The molecular formula is C26H23N3O5S. The highest BCUT2D eigenvalue weighted by atomic mass is 32.2. The number of rotatable bonds is 8. The Morgan fingerprint density at radius 1 is 1.03 bits per heavy atom. The first-order valence-electron chi connectivity index (χ1n) is 10.9. The maximum Gasteiger partial charge on any atom is 0.269 e. The van der Waals surface area contributed by atoms with Crippen molar-refractivity contribution in [2.24, 2.45) is 4.99 Å². The van der Waals surface area contributed by atoms with Crippen molar-refractivity contribution in [2.75, 3.05) is 7.11 Å². The van der Waals surface area contributed by atoms with Gasteiger partial charge >= 0.3 is 0 Å². The van der Waals surface area contributed by atoms with Gasteiger partial charge in [0.25, 0.3) is 11.6 Å². The Morgan fingerprint density at radius 2 is 1.74 bits per heavy atom. The first-order chi connectivity index (χ1) is 16.9. The molecule has 1 amide bonds. The van der Waals surface area contributed by atoms with Crippen LogP contribution in [-0.4, -0.2) is 23.1 Å². The minimum absolute atomic E-state index is 0.0279. The molecule has 1 aliphatic heterocycles. The number of thioether (sulfide) groups is 1. The lowest BCUT2D eigenvalue weighted by Crippen LogP contribution is -2.19. The van der Waals surface area contributed by atoms with Crippen LogP contribution >= 0.6 is 11.8 Å². The highest BCUT2D eigenvalue weighted by Gasteiger charge is 2.24. The Morgan fingerprint density at radius 3 is 2.40 bits per heavy atom. The zero-order chi connectivity index (χ0) is 24.8. The van der Waals surface area contributed by atoms with Gasteiger partial charge in [-0.05, 0) is 77.3 Å². The Hall–Kier alpha value is -4.11. The molecule has 1 saturated heterocycles. The number of nitro benzene ring substituents is 1. The number of amides is 1. The topological polar surface area (TPSA) is 103 Å². The molecule has 35 heavy (non-hydrogen) atoms. The van der Waals surface area contributed by atoms with E-state index in [1.54, 1.807) is 30.3 Å². The highest BCUT2D eigenvalue weighted by molar-refractivity contribution is 8.18. The number of nitro groups is 1. The van der Waals surface area contributed by atoms with Gasteiger partial charge in [-0.2, -0.15) is 0 Å². The van der Waals surface area contributed by atoms with Crippen LogP contribution in [0.2, 0.25) is 0 Å². The van der Waals surface area contributed by atoms with Crippen LogP contribution in [0.15, 0.2) is 76.6 Å². The summed E-state index contributed by atoms with van der Waals surface area (Å²) in [5.41, 5.74) is 3.60. The molecule has 0 bridgehead atoms. The second-order valence-corrected chi connectivity index (χ2v) is 8.65. The van der Waals surface area contributed by atoms with Crippen LogP contribution in [0.3, 0.4) is 0 Å². The van der Waals surface area contributed by atoms with E-state index in [9.17, 15) is 14.9 Å². The number of carbonyl (C=O) groups is 1. The number of non-ortho nitro benzene ring substituents is 1. The summed E-state index contributed by atoms with van der Waals surface area (Å²) in [6.07, 6.45) is 2.73. The van der Waals surface area contributed by atoms with E-state index in [0.717, 1.165) is 23.2 Å². The minimum Gasteiger partial charge on any atom is -0.493 e. The molecule has 1 aliphatic rings. The molecule has 1 N–H and O–H groups in total. The molecule has 4 rings (SSSR count). The average molecular weight is 490 g/mol. The van der Waals surface area contributed by atoms with Gasteiger partial charge in [0.2, 0.25) is 0 Å². The number of benzene rings is 3. The smallest absolute Gasteiger partial charge is 0.269 e. The molecule has 0 aromatic heterocycles. The van der Waals surface area contributed by atoms with Crippen LogP contribution in [0.1, 0.15) is 23.6 Å². The third-order valence-electron chi connectivity index (χ3n) is 5.25. The summed E-state index contributed by atoms with van der Waals surface area (Å²) in [6.45, 7) is 2.32. The van der Waals surface area contributed by atoms with E-state index >= 15 is 0 Å². The monoisotopic (exact) mass is 489 g/mol. The molecule has 8 nitrogen and oxygen atoms in total. The quantitative estimate of drug-likeness (QED) is 0.250. The van der Waals surface area contributed by atoms with Gasteiger partial charge in [-0.1, -0.05) is 25.1 Å². The highest BCUT2D eigenvalue weighted by Crippen LogP contribution is 2.33. The molecule has 1 heterocycles. The molecule has 9 heteroatoms. The number of methoxy groups -OCH3 is 1. The third kappa shape index (κ3) is 6.07. The molecule has 0 unspecified atom stereocenters. The fraction of sp³-hybridized carbons (Fsp3) is 0.154. The van der Waals surface area contributed by atoms with Gasteiger partial charge in [-0.3, -0.25) is 14.9 Å². The first kappa shape index (κ1) is 24.0.